The van der Waals surface area contributed by atoms with Crippen molar-refractivity contribution in [3.8, 4) is 6.07 Å². The normalized spacial score (nSPS) is 26.2. The molecule has 0 radical (unpaired) electrons. The van der Waals surface area contributed by atoms with Crippen LogP contribution in [0.15, 0.2) is 0 Å². The lowest BCUT2D eigenvalue weighted by Gasteiger charge is -2.24. The van der Waals surface area contributed by atoms with Gasteiger partial charge in [-0.25, -0.2) is 0 Å². The molecule has 1 atom stereocenters. The van der Waals surface area contributed by atoms with Crippen molar-refractivity contribution in [3.63, 3.8) is 0 Å². The summed E-state index contributed by atoms with van der Waals surface area (Å²) in [6.07, 6.45) is 1.72. The van der Waals surface area contributed by atoms with E-state index in [2.05, 4.69) is 17.9 Å². The number of nitrogens with zero attached hydrogens (tertiary/aromatic N) is 2. The van der Waals surface area contributed by atoms with E-state index < -0.39 is 0 Å². The van der Waals surface area contributed by atoms with Gasteiger partial charge in [0.2, 0.25) is 0 Å². The van der Waals surface area contributed by atoms with Crippen LogP contribution in [0.3, 0.4) is 0 Å². The second-order valence-corrected chi connectivity index (χ2v) is 3.22. The SMILES string of the molecule is CC1COCCCN1CCC#N. The number of hydrogen-bond acceptors (Lipinski definition) is 3. The first kappa shape index (κ1) is 9.50. The van der Waals surface area contributed by atoms with Gasteiger partial charge in [-0.3, -0.25) is 4.90 Å². The van der Waals surface area contributed by atoms with Crippen molar-refractivity contribution in [3.05, 3.63) is 0 Å². The molecule has 1 aliphatic rings. The summed E-state index contributed by atoms with van der Waals surface area (Å²) in [7, 11) is 0. The minimum absolute atomic E-state index is 0.473. The summed E-state index contributed by atoms with van der Waals surface area (Å²) in [5.41, 5.74) is 0. The molecule has 1 fully saturated rings. The van der Waals surface area contributed by atoms with Crippen LogP contribution in [0.25, 0.3) is 0 Å². The molecule has 12 heavy (non-hydrogen) atoms. The number of ether oxygens (including phenoxy) is 1. The summed E-state index contributed by atoms with van der Waals surface area (Å²) in [5, 5.41) is 8.45. The van der Waals surface area contributed by atoms with Crippen molar-refractivity contribution in [1.82, 2.24) is 4.90 Å². The molecule has 1 unspecified atom stereocenters. The number of rotatable bonds is 2. The Morgan fingerprint density at radius 3 is 3.25 bits per heavy atom. The molecule has 1 rings (SSSR count). The molecular weight excluding hydrogens is 152 g/mol. The minimum Gasteiger partial charge on any atom is -0.380 e. The highest BCUT2D eigenvalue weighted by Gasteiger charge is 2.15. The standard InChI is InChI=1S/C9H16N2O/c1-9-8-12-7-3-6-11(9)5-2-4-10/h9H,2-3,5-8H2,1H3. The second kappa shape index (κ2) is 5.13. The maximum Gasteiger partial charge on any atom is 0.0635 e. The van der Waals surface area contributed by atoms with E-state index in [0.29, 0.717) is 12.5 Å². The van der Waals surface area contributed by atoms with Crippen LogP contribution in [0.5, 0.6) is 0 Å². The maximum absolute atomic E-state index is 8.45. The zero-order chi connectivity index (χ0) is 8.81. The molecule has 3 nitrogen and oxygen atoms in total. The first-order valence-corrected chi connectivity index (χ1v) is 4.53. The lowest BCUT2D eigenvalue weighted by atomic mass is 10.2. The molecule has 0 aromatic carbocycles. The molecule has 0 spiro atoms. The van der Waals surface area contributed by atoms with Crippen molar-refractivity contribution in [2.75, 3.05) is 26.3 Å². The molecule has 1 saturated heterocycles. The second-order valence-electron chi connectivity index (χ2n) is 3.22. The minimum atomic E-state index is 0.473. The van der Waals surface area contributed by atoms with E-state index in [0.717, 1.165) is 32.7 Å². The van der Waals surface area contributed by atoms with Gasteiger partial charge in [-0.2, -0.15) is 5.26 Å². The van der Waals surface area contributed by atoms with Crippen LogP contribution in [0.1, 0.15) is 19.8 Å². The average Bonchev–Trinajstić information content (AvgIpc) is 2.27. The van der Waals surface area contributed by atoms with E-state index in [-0.39, 0.29) is 0 Å². The van der Waals surface area contributed by atoms with Crippen LogP contribution in [-0.4, -0.2) is 37.2 Å². The lowest BCUT2D eigenvalue weighted by Crippen LogP contribution is -2.35. The molecule has 1 aliphatic heterocycles. The summed E-state index contributed by atoms with van der Waals surface area (Å²) in [6.45, 7) is 5.80. The monoisotopic (exact) mass is 168 g/mol. The summed E-state index contributed by atoms with van der Waals surface area (Å²) in [4.78, 5) is 2.33. The van der Waals surface area contributed by atoms with E-state index in [1.807, 2.05) is 0 Å². The first-order chi connectivity index (χ1) is 5.84. The van der Waals surface area contributed by atoms with Crippen LogP contribution in [0, 0.1) is 11.3 Å². The Bertz CT molecular complexity index is 164. The molecule has 0 saturated carbocycles. The fraction of sp³-hybridized carbons (Fsp3) is 0.889. The smallest absolute Gasteiger partial charge is 0.0635 e. The van der Waals surface area contributed by atoms with Gasteiger partial charge in [0.1, 0.15) is 0 Å². The van der Waals surface area contributed by atoms with Crippen molar-refractivity contribution in [2.45, 2.75) is 25.8 Å². The van der Waals surface area contributed by atoms with Crippen LogP contribution in [-0.2, 0) is 4.74 Å². The summed E-state index contributed by atoms with van der Waals surface area (Å²) < 4.78 is 5.39. The molecule has 68 valence electrons. The Balaban J connectivity index is 2.32. The zero-order valence-corrected chi connectivity index (χ0v) is 7.62. The van der Waals surface area contributed by atoms with Gasteiger partial charge < -0.3 is 4.74 Å². The van der Waals surface area contributed by atoms with Gasteiger partial charge in [0, 0.05) is 32.2 Å². The summed E-state index contributed by atoms with van der Waals surface area (Å²) in [5.74, 6) is 0. The van der Waals surface area contributed by atoms with Crippen LogP contribution in [0.4, 0.5) is 0 Å². The maximum atomic E-state index is 8.45. The van der Waals surface area contributed by atoms with Crippen molar-refractivity contribution >= 4 is 0 Å². The molecule has 0 N–H and O–H groups in total. The average molecular weight is 168 g/mol. The number of nitriles is 1. The molecule has 3 heteroatoms. The topological polar surface area (TPSA) is 36.3 Å². The van der Waals surface area contributed by atoms with Gasteiger partial charge in [-0.05, 0) is 13.3 Å². The van der Waals surface area contributed by atoms with Gasteiger partial charge in [0.25, 0.3) is 0 Å². The third-order valence-electron chi connectivity index (χ3n) is 2.23. The summed E-state index contributed by atoms with van der Waals surface area (Å²) in [6, 6.07) is 2.65. The van der Waals surface area contributed by atoms with E-state index >= 15 is 0 Å². The molecule has 0 aliphatic carbocycles. The molecule has 0 aromatic heterocycles. The molecule has 0 aromatic rings. The highest BCUT2D eigenvalue weighted by Crippen LogP contribution is 2.06. The fourth-order valence-corrected chi connectivity index (χ4v) is 1.48. The van der Waals surface area contributed by atoms with Crippen LogP contribution >= 0.6 is 0 Å². The van der Waals surface area contributed by atoms with Crippen molar-refractivity contribution in [1.29, 1.82) is 5.26 Å². The third-order valence-corrected chi connectivity index (χ3v) is 2.23. The molecule has 0 amide bonds. The Kier molecular flexibility index (Phi) is 4.06. The van der Waals surface area contributed by atoms with Crippen molar-refractivity contribution in [2.24, 2.45) is 0 Å². The van der Waals surface area contributed by atoms with Gasteiger partial charge in [-0.1, -0.05) is 0 Å². The molecular formula is C9H16N2O. The number of hydrogen-bond donors (Lipinski definition) is 0. The highest BCUT2D eigenvalue weighted by molar-refractivity contribution is 4.76. The Labute approximate surface area is 73.9 Å². The Morgan fingerprint density at radius 1 is 1.67 bits per heavy atom. The van der Waals surface area contributed by atoms with Crippen molar-refractivity contribution < 1.29 is 4.74 Å². The van der Waals surface area contributed by atoms with E-state index in [4.69, 9.17) is 10.00 Å². The highest BCUT2D eigenvalue weighted by atomic mass is 16.5. The lowest BCUT2D eigenvalue weighted by molar-refractivity contribution is 0.109. The quantitative estimate of drug-likeness (QED) is 0.617. The van der Waals surface area contributed by atoms with Gasteiger partial charge in [0.15, 0.2) is 0 Å². The van der Waals surface area contributed by atoms with Crippen LogP contribution in [0.2, 0.25) is 0 Å². The Morgan fingerprint density at radius 2 is 2.50 bits per heavy atom. The van der Waals surface area contributed by atoms with Gasteiger partial charge in [-0.15, -0.1) is 0 Å². The predicted octanol–water partition coefficient (Wildman–Crippen LogP) is 1.01. The van der Waals surface area contributed by atoms with Gasteiger partial charge >= 0.3 is 0 Å². The third kappa shape index (κ3) is 2.80. The van der Waals surface area contributed by atoms with Crippen LogP contribution < -0.4 is 0 Å². The first-order valence-electron chi connectivity index (χ1n) is 4.53. The zero-order valence-electron chi connectivity index (χ0n) is 7.62. The fourth-order valence-electron chi connectivity index (χ4n) is 1.48. The van der Waals surface area contributed by atoms with E-state index in [1.165, 1.54) is 0 Å². The van der Waals surface area contributed by atoms with Gasteiger partial charge in [0.05, 0.1) is 12.7 Å². The van der Waals surface area contributed by atoms with E-state index in [9.17, 15) is 0 Å². The predicted molar refractivity (Wildman–Crippen MR) is 46.7 cm³/mol. The molecule has 0 bridgehead atoms. The van der Waals surface area contributed by atoms with E-state index in [1.54, 1.807) is 0 Å². The Hall–Kier alpha value is -0.590. The molecule has 1 heterocycles. The largest absolute Gasteiger partial charge is 0.380 e. The summed E-state index contributed by atoms with van der Waals surface area (Å²) >= 11 is 0.